The molecule has 1 aromatic heterocycles. The second-order valence-electron chi connectivity index (χ2n) is 5.78. The highest BCUT2D eigenvalue weighted by Crippen LogP contribution is 2.30. The molecule has 1 fully saturated rings. The van der Waals surface area contributed by atoms with E-state index in [1.54, 1.807) is 6.33 Å². The van der Waals surface area contributed by atoms with Crippen molar-refractivity contribution in [1.82, 2.24) is 9.97 Å². The average molecular weight is 246 g/mol. The Kier molecular flexibility index (Phi) is 3.20. The van der Waals surface area contributed by atoms with E-state index in [2.05, 4.69) is 15.3 Å². The maximum atomic E-state index is 6.25. The minimum Gasteiger partial charge on any atom is -0.368 e. The summed E-state index contributed by atoms with van der Waals surface area (Å²) in [5, 5.41) is 3.47. The molecule has 2 aliphatic carbocycles. The lowest BCUT2D eigenvalue weighted by Gasteiger charge is -2.38. The molecule has 18 heavy (non-hydrogen) atoms. The Morgan fingerprint density at radius 1 is 1.11 bits per heavy atom. The van der Waals surface area contributed by atoms with Crippen LogP contribution in [0, 0.1) is 0 Å². The molecule has 3 rings (SSSR count). The molecule has 0 spiro atoms. The third-order valence-corrected chi connectivity index (χ3v) is 4.33. The Bertz CT molecular complexity index is 426. The van der Waals surface area contributed by atoms with Crippen LogP contribution in [0.1, 0.15) is 49.8 Å². The van der Waals surface area contributed by atoms with Gasteiger partial charge in [0.2, 0.25) is 0 Å². The highest BCUT2D eigenvalue weighted by Gasteiger charge is 2.32. The van der Waals surface area contributed by atoms with Crippen molar-refractivity contribution in [2.75, 3.05) is 11.9 Å². The fourth-order valence-electron chi connectivity index (χ4n) is 2.92. The Morgan fingerprint density at radius 2 is 1.94 bits per heavy atom. The van der Waals surface area contributed by atoms with Gasteiger partial charge in [-0.3, -0.25) is 0 Å². The normalized spacial score (nSPS) is 21.6. The minimum absolute atomic E-state index is 0.00254. The van der Waals surface area contributed by atoms with Crippen molar-refractivity contribution in [2.45, 2.75) is 56.9 Å². The molecule has 2 aliphatic rings. The van der Waals surface area contributed by atoms with E-state index < -0.39 is 0 Å². The van der Waals surface area contributed by atoms with Crippen molar-refractivity contribution in [3.8, 4) is 0 Å². The van der Waals surface area contributed by atoms with Crippen molar-refractivity contribution in [1.29, 1.82) is 0 Å². The lowest BCUT2D eigenvalue weighted by Crippen LogP contribution is -2.52. The molecule has 1 aromatic rings. The van der Waals surface area contributed by atoms with Gasteiger partial charge in [0.1, 0.15) is 12.1 Å². The smallest absolute Gasteiger partial charge is 0.132 e. The van der Waals surface area contributed by atoms with Crippen LogP contribution in [0.25, 0.3) is 0 Å². The van der Waals surface area contributed by atoms with Gasteiger partial charge < -0.3 is 11.1 Å². The summed E-state index contributed by atoms with van der Waals surface area (Å²) in [4.78, 5) is 8.85. The van der Waals surface area contributed by atoms with Crippen LogP contribution in [-0.4, -0.2) is 22.1 Å². The summed E-state index contributed by atoms with van der Waals surface area (Å²) in [6, 6.07) is 0. The molecule has 0 aromatic carbocycles. The maximum absolute atomic E-state index is 6.25. The Balaban J connectivity index is 1.75. The minimum atomic E-state index is 0.00254. The first-order chi connectivity index (χ1) is 8.77. The molecule has 0 atom stereocenters. The van der Waals surface area contributed by atoms with Gasteiger partial charge in [-0.2, -0.15) is 0 Å². The summed E-state index contributed by atoms with van der Waals surface area (Å²) in [5.74, 6) is 1.03. The molecule has 0 bridgehead atoms. The van der Waals surface area contributed by atoms with Gasteiger partial charge in [-0.05, 0) is 44.9 Å². The van der Waals surface area contributed by atoms with Gasteiger partial charge in [0.15, 0.2) is 0 Å². The number of nitrogens with two attached hydrogens (primary N) is 1. The predicted octanol–water partition coefficient (Wildman–Crippen LogP) is 2.04. The predicted molar refractivity (Wildman–Crippen MR) is 72.6 cm³/mol. The zero-order valence-electron chi connectivity index (χ0n) is 10.9. The Hall–Kier alpha value is -1.16. The van der Waals surface area contributed by atoms with Crippen LogP contribution in [0.3, 0.4) is 0 Å². The van der Waals surface area contributed by atoms with Gasteiger partial charge in [0, 0.05) is 23.3 Å². The summed E-state index contributed by atoms with van der Waals surface area (Å²) in [6.07, 6.45) is 11.2. The van der Waals surface area contributed by atoms with Gasteiger partial charge in [-0.15, -0.1) is 0 Å². The molecule has 3 N–H and O–H groups in total. The molecule has 0 unspecified atom stereocenters. The number of hydrogen-bond acceptors (Lipinski definition) is 4. The molecule has 4 heteroatoms. The SMILES string of the molecule is NC1(CNc2ncnc3c2CCCCC3)CCC1. The zero-order chi connectivity index (χ0) is 12.4. The van der Waals surface area contributed by atoms with Crippen LogP contribution in [0.15, 0.2) is 6.33 Å². The standard InChI is InChI=1S/C14H22N4/c15-14(7-4-8-14)9-16-13-11-5-2-1-3-6-12(11)17-10-18-13/h10H,1-9,15H2,(H,16,17,18). The molecule has 4 nitrogen and oxygen atoms in total. The van der Waals surface area contributed by atoms with Crippen LogP contribution in [0.5, 0.6) is 0 Å². The first-order valence-electron chi connectivity index (χ1n) is 7.12. The second kappa shape index (κ2) is 4.84. The number of aryl methyl sites for hydroxylation is 1. The van der Waals surface area contributed by atoms with E-state index in [-0.39, 0.29) is 5.54 Å². The topological polar surface area (TPSA) is 63.8 Å². The number of anilines is 1. The van der Waals surface area contributed by atoms with Crippen LogP contribution < -0.4 is 11.1 Å². The molecule has 0 amide bonds. The van der Waals surface area contributed by atoms with Gasteiger partial charge in [0.25, 0.3) is 0 Å². The maximum Gasteiger partial charge on any atom is 0.132 e. The zero-order valence-corrected chi connectivity index (χ0v) is 10.9. The largest absolute Gasteiger partial charge is 0.368 e. The van der Waals surface area contributed by atoms with E-state index in [0.717, 1.165) is 38.0 Å². The number of fused-ring (bicyclic) bond motifs is 1. The van der Waals surface area contributed by atoms with E-state index >= 15 is 0 Å². The van der Waals surface area contributed by atoms with E-state index in [1.165, 1.54) is 36.9 Å². The van der Waals surface area contributed by atoms with E-state index in [9.17, 15) is 0 Å². The molecule has 0 radical (unpaired) electrons. The van der Waals surface area contributed by atoms with E-state index in [4.69, 9.17) is 5.73 Å². The van der Waals surface area contributed by atoms with Crippen molar-refractivity contribution < 1.29 is 0 Å². The number of nitrogens with one attached hydrogen (secondary N) is 1. The van der Waals surface area contributed by atoms with Crippen molar-refractivity contribution in [3.63, 3.8) is 0 Å². The lowest BCUT2D eigenvalue weighted by molar-refractivity contribution is 0.265. The lowest BCUT2D eigenvalue weighted by atomic mass is 9.78. The second-order valence-corrected chi connectivity index (χ2v) is 5.78. The van der Waals surface area contributed by atoms with Gasteiger partial charge in [-0.1, -0.05) is 6.42 Å². The van der Waals surface area contributed by atoms with Crippen molar-refractivity contribution in [3.05, 3.63) is 17.6 Å². The molecule has 98 valence electrons. The van der Waals surface area contributed by atoms with Crippen LogP contribution in [-0.2, 0) is 12.8 Å². The fraction of sp³-hybridized carbons (Fsp3) is 0.714. The average Bonchev–Trinajstić information content (AvgIpc) is 2.59. The molecule has 0 aliphatic heterocycles. The first kappa shape index (κ1) is 11.9. The molecule has 1 heterocycles. The first-order valence-corrected chi connectivity index (χ1v) is 7.12. The third kappa shape index (κ3) is 2.34. The molecular formula is C14H22N4. The van der Waals surface area contributed by atoms with E-state index in [1.807, 2.05) is 0 Å². The summed E-state index contributed by atoms with van der Waals surface area (Å²) in [7, 11) is 0. The Morgan fingerprint density at radius 3 is 2.72 bits per heavy atom. The molecule has 0 saturated heterocycles. The van der Waals surface area contributed by atoms with Crippen LogP contribution >= 0.6 is 0 Å². The highest BCUT2D eigenvalue weighted by molar-refractivity contribution is 5.47. The van der Waals surface area contributed by atoms with Gasteiger partial charge in [-0.25, -0.2) is 9.97 Å². The third-order valence-electron chi connectivity index (χ3n) is 4.33. The van der Waals surface area contributed by atoms with Gasteiger partial charge >= 0.3 is 0 Å². The quantitative estimate of drug-likeness (QED) is 0.801. The Labute approximate surface area is 108 Å². The molecular weight excluding hydrogens is 224 g/mol. The summed E-state index contributed by atoms with van der Waals surface area (Å²) >= 11 is 0. The highest BCUT2D eigenvalue weighted by atomic mass is 15.0. The van der Waals surface area contributed by atoms with E-state index in [0.29, 0.717) is 0 Å². The fourth-order valence-corrected chi connectivity index (χ4v) is 2.92. The number of nitrogens with zero attached hydrogens (tertiary/aromatic N) is 2. The van der Waals surface area contributed by atoms with Crippen molar-refractivity contribution in [2.24, 2.45) is 5.73 Å². The van der Waals surface area contributed by atoms with Gasteiger partial charge in [0.05, 0.1) is 0 Å². The summed E-state index contributed by atoms with van der Waals surface area (Å²) < 4.78 is 0. The summed E-state index contributed by atoms with van der Waals surface area (Å²) in [6.45, 7) is 0.844. The van der Waals surface area contributed by atoms with Crippen molar-refractivity contribution >= 4 is 5.82 Å². The number of hydrogen-bond donors (Lipinski definition) is 2. The number of rotatable bonds is 3. The van der Waals surface area contributed by atoms with Crippen LogP contribution in [0.2, 0.25) is 0 Å². The molecule has 1 saturated carbocycles. The van der Waals surface area contributed by atoms with Crippen LogP contribution in [0.4, 0.5) is 5.82 Å². The number of aromatic nitrogens is 2. The monoisotopic (exact) mass is 246 g/mol. The summed E-state index contributed by atoms with van der Waals surface area (Å²) in [5.41, 5.74) is 8.83.